The molecular weight excluding hydrogens is 413 g/mol. The molecule has 0 bridgehead atoms. The molecule has 3 aromatic rings. The van der Waals surface area contributed by atoms with Gasteiger partial charge in [-0.2, -0.15) is 4.98 Å². The maximum atomic E-state index is 12.6. The first-order valence-corrected chi connectivity index (χ1v) is 9.60. The van der Waals surface area contributed by atoms with E-state index in [1.165, 1.54) is 12.1 Å². The van der Waals surface area contributed by atoms with Gasteiger partial charge in [0.15, 0.2) is 0 Å². The molecule has 7 nitrogen and oxygen atoms in total. The fourth-order valence-electron chi connectivity index (χ4n) is 2.54. The summed E-state index contributed by atoms with van der Waals surface area (Å²) in [6, 6.07) is 10.0. The molecule has 0 saturated heterocycles. The van der Waals surface area contributed by atoms with Crippen molar-refractivity contribution in [3.05, 3.63) is 64.4 Å². The Bertz CT molecular complexity index is 966. The van der Waals surface area contributed by atoms with Crippen LogP contribution in [0.5, 0.6) is 0 Å². The van der Waals surface area contributed by atoms with Crippen LogP contribution in [-0.4, -0.2) is 41.1 Å². The van der Waals surface area contributed by atoms with Gasteiger partial charge in [0.2, 0.25) is 5.95 Å². The Labute approximate surface area is 178 Å². The maximum Gasteiger partial charge on any atom is 0.256 e. The van der Waals surface area contributed by atoms with Gasteiger partial charge in [0, 0.05) is 59.9 Å². The van der Waals surface area contributed by atoms with Crippen LogP contribution < -0.4 is 10.6 Å². The standard InChI is InChI=1S/C20H19Cl2N5O2/c1-29-7-3-6-24-20-25-17(13-4-2-5-23-12-13)11-18(27-20)26-19(28)14-8-15(21)10-16(22)9-14/h2,4-5,8-12H,3,6-7H2,1H3,(H2,24,25,26,27,28). The summed E-state index contributed by atoms with van der Waals surface area (Å²) in [5, 5.41) is 6.67. The van der Waals surface area contributed by atoms with Gasteiger partial charge in [-0.1, -0.05) is 23.2 Å². The second kappa shape index (κ2) is 10.2. The zero-order chi connectivity index (χ0) is 20.6. The first-order valence-electron chi connectivity index (χ1n) is 8.85. The summed E-state index contributed by atoms with van der Waals surface area (Å²) in [7, 11) is 1.65. The summed E-state index contributed by atoms with van der Waals surface area (Å²) >= 11 is 12.0. The number of nitrogens with zero attached hydrogens (tertiary/aromatic N) is 3. The maximum absolute atomic E-state index is 12.6. The molecule has 9 heteroatoms. The number of carbonyl (C=O) groups excluding carboxylic acids is 1. The second-order valence-corrected chi connectivity index (χ2v) is 6.96. The van der Waals surface area contributed by atoms with Crippen molar-refractivity contribution >= 4 is 40.9 Å². The molecule has 0 spiro atoms. The molecule has 1 aromatic carbocycles. The minimum Gasteiger partial charge on any atom is -0.385 e. The smallest absolute Gasteiger partial charge is 0.256 e. The van der Waals surface area contributed by atoms with Crippen LogP contribution in [0.25, 0.3) is 11.3 Å². The van der Waals surface area contributed by atoms with Crippen LogP contribution in [0.15, 0.2) is 48.8 Å². The van der Waals surface area contributed by atoms with Gasteiger partial charge in [-0.3, -0.25) is 9.78 Å². The quantitative estimate of drug-likeness (QED) is 0.508. The molecule has 0 aliphatic heterocycles. The van der Waals surface area contributed by atoms with Crippen molar-refractivity contribution in [1.29, 1.82) is 0 Å². The van der Waals surface area contributed by atoms with Crippen molar-refractivity contribution in [3.8, 4) is 11.3 Å². The van der Waals surface area contributed by atoms with Gasteiger partial charge in [0.25, 0.3) is 5.91 Å². The molecule has 29 heavy (non-hydrogen) atoms. The van der Waals surface area contributed by atoms with Gasteiger partial charge in [0.1, 0.15) is 5.82 Å². The van der Waals surface area contributed by atoms with Crippen molar-refractivity contribution in [2.45, 2.75) is 6.42 Å². The fourth-order valence-corrected chi connectivity index (χ4v) is 3.07. The number of nitrogens with one attached hydrogen (secondary N) is 2. The number of anilines is 2. The molecular formula is C20H19Cl2N5O2. The minimum atomic E-state index is -0.379. The zero-order valence-corrected chi connectivity index (χ0v) is 17.2. The molecule has 3 rings (SSSR count). The van der Waals surface area contributed by atoms with Gasteiger partial charge in [-0.15, -0.1) is 0 Å². The average Bonchev–Trinajstić information content (AvgIpc) is 2.71. The van der Waals surface area contributed by atoms with Crippen LogP contribution in [0, 0.1) is 0 Å². The second-order valence-electron chi connectivity index (χ2n) is 6.09. The number of carbonyl (C=O) groups is 1. The number of ether oxygens (including phenoxy) is 1. The first kappa shape index (κ1) is 21.0. The molecule has 0 unspecified atom stereocenters. The monoisotopic (exact) mass is 431 g/mol. The van der Waals surface area contributed by atoms with Gasteiger partial charge in [-0.25, -0.2) is 4.98 Å². The SMILES string of the molecule is COCCCNc1nc(NC(=O)c2cc(Cl)cc(Cl)c2)cc(-c2cccnc2)n1. The number of rotatable bonds is 8. The lowest BCUT2D eigenvalue weighted by atomic mass is 10.2. The van der Waals surface area contributed by atoms with E-state index in [1.54, 1.807) is 31.6 Å². The van der Waals surface area contributed by atoms with Gasteiger partial charge >= 0.3 is 0 Å². The van der Waals surface area contributed by atoms with E-state index < -0.39 is 0 Å². The number of hydrogen-bond acceptors (Lipinski definition) is 6. The van der Waals surface area contributed by atoms with Crippen molar-refractivity contribution in [2.75, 3.05) is 30.9 Å². The molecule has 0 radical (unpaired) electrons. The summed E-state index contributed by atoms with van der Waals surface area (Å²) in [4.78, 5) is 25.7. The van der Waals surface area contributed by atoms with Crippen LogP contribution in [0.3, 0.4) is 0 Å². The Morgan fingerprint density at radius 3 is 2.62 bits per heavy atom. The van der Waals surface area contributed by atoms with Gasteiger partial charge < -0.3 is 15.4 Å². The van der Waals surface area contributed by atoms with Gasteiger partial charge in [-0.05, 0) is 36.8 Å². The Kier molecular flexibility index (Phi) is 7.35. The summed E-state index contributed by atoms with van der Waals surface area (Å²) in [5.74, 6) is 0.353. The predicted molar refractivity (Wildman–Crippen MR) is 115 cm³/mol. The number of methoxy groups -OCH3 is 1. The lowest BCUT2D eigenvalue weighted by Crippen LogP contribution is -2.15. The molecule has 2 N–H and O–H groups in total. The van der Waals surface area contributed by atoms with Crippen molar-refractivity contribution < 1.29 is 9.53 Å². The fraction of sp³-hybridized carbons (Fsp3) is 0.200. The normalized spacial score (nSPS) is 10.6. The van der Waals surface area contributed by atoms with Gasteiger partial charge in [0.05, 0.1) is 5.69 Å². The number of pyridine rings is 1. The zero-order valence-electron chi connectivity index (χ0n) is 15.7. The van der Waals surface area contributed by atoms with E-state index in [0.29, 0.717) is 46.2 Å². The number of hydrogen-bond donors (Lipinski definition) is 2. The van der Waals surface area contributed by atoms with Crippen LogP contribution in [0.1, 0.15) is 16.8 Å². The van der Waals surface area contributed by atoms with Crippen molar-refractivity contribution in [2.24, 2.45) is 0 Å². The number of benzene rings is 1. The highest BCUT2D eigenvalue weighted by Gasteiger charge is 2.12. The summed E-state index contributed by atoms with van der Waals surface area (Å²) in [6.07, 6.45) is 4.17. The molecule has 0 saturated carbocycles. The Hall–Kier alpha value is -2.74. The van der Waals surface area contributed by atoms with Crippen LogP contribution >= 0.6 is 23.2 Å². The van der Waals surface area contributed by atoms with Crippen molar-refractivity contribution in [1.82, 2.24) is 15.0 Å². The van der Waals surface area contributed by atoms with E-state index in [0.717, 1.165) is 12.0 Å². The van der Waals surface area contributed by atoms with Crippen molar-refractivity contribution in [3.63, 3.8) is 0 Å². The number of halogens is 2. The lowest BCUT2D eigenvalue weighted by molar-refractivity contribution is 0.102. The topological polar surface area (TPSA) is 89.0 Å². The predicted octanol–water partition coefficient (Wildman–Crippen LogP) is 4.55. The third kappa shape index (κ3) is 6.12. The average molecular weight is 432 g/mol. The largest absolute Gasteiger partial charge is 0.385 e. The van der Waals surface area contributed by atoms with E-state index in [9.17, 15) is 4.79 Å². The molecule has 0 aliphatic rings. The van der Waals surface area contributed by atoms with Crippen LogP contribution in [0.4, 0.5) is 11.8 Å². The Morgan fingerprint density at radius 1 is 1.14 bits per heavy atom. The molecule has 150 valence electrons. The van der Waals surface area contributed by atoms with Crippen LogP contribution in [-0.2, 0) is 4.74 Å². The highest BCUT2D eigenvalue weighted by atomic mass is 35.5. The Balaban J connectivity index is 1.86. The highest BCUT2D eigenvalue weighted by molar-refractivity contribution is 6.35. The van der Waals surface area contributed by atoms with E-state index in [1.807, 2.05) is 12.1 Å². The number of aromatic nitrogens is 3. The summed E-state index contributed by atoms with van der Waals surface area (Å²) in [6.45, 7) is 1.25. The molecule has 0 atom stereocenters. The van der Waals surface area contributed by atoms with E-state index in [-0.39, 0.29) is 5.91 Å². The van der Waals surface area contributed by atoms with E-state index in [4.69, 9.17) is 27.9 Å². The molecule has 0 fully saturated rings. The summed E-state index contributed by atoms with van der Waals surface area (Å²) in [5.41, 5.74) is 1.76. The van der Waals surface area contributed by atoms with E-state index in [2.05, 4.69) is 25.6 Å². The molecule has 1 amide bonds. The number of amides is 1. The highest BCUT2D eigenvalue weighted by Crippen LogP contribution is 2.23. The first-order chi connectivity index (χ1) is 14.0. The Morgan fingerprint density at radius 2 is 1.93 bits per heavy atom. The van der Waals surface area contributed by atoms with E-state index >= 15 is 0 Å². The third-order valence-corrected chi connectivity index (χ3v) is 4.29. The third-order valence-electron chi connectivity index (χ3n) is 3.86. The molecule has 2 heterocycles. The minimum absolute atomic E-state index is 0.332. The van der Waals surface area contributed by atoms with Crippen LogP contribution in [0.2, 0.25) is 10.0 Å². The summed E-state index contributed by atoms with van der Waals surface area (Å²) < 4.78 is 5.05. The lowest BCUT2D eigenvalue weighted by Gasteiger charge is -2.11. The molecule has 0 aliphatic carbocycles. The molecule has 2 aromatic heterocycles.